The Labute approximate surface area is 121 Å². The molecule has 2 aromatic rings. The lowest BCUT2D eigenvalue weighted by Gasteiger charge is -2.08. The summed E-state index contributed by atoms with van der Waals surface area (Å²) >= 11 is 3.19. The molecule has 0 aliphatic carbocycles. The largest absolute Gasteiger partial charge is 0.486 e. The molecule has 0 atom stereocenters. The van der Waals surface area contributed by atoms with Crippen LogP contribution in [-0.2, 0) is 6.61 Å². The van der Waals surface area contributed by atoms with E-state index in [-0.39, 0.29) is 12.4 Å². The lowest BCUT2D eigenvalue weighted by molar-refractivity contribution is 0.0691. The number of carboxylic acids is 1. The minimum atomic E-state index is -1.36. The lowest BCUT2D eigenvalue weighted by Crippen LogP contribution is -2.04. The zero-order valence-corrected chi connectivity index (χ0v) is 11.7. The molecule has 0 saturated carbocycles. The van der Waals surface area contributed by atoms with Gasteiger partial charge < -0.3 is 9.84 Å². The third-order valence-electron chi connectivity index (χ3n) is 2.55. The SMILES string of the molecule is O=C(O)c1cc(COc2cc(Br)ccc2F)ccc1F. The van der Waals surface area contributed by atoms with Crippen LogP contribution in [-0.4, -0.2) is 11.1 Å². The second-order valence-electron chi connectivity index (χ2n) is 3.98. The van der Waals surface area contributed by atoms with E-state index in [2.05, 4.69) is 15.9 Å². The summed E-state index contributed by atoms with van der Waals surface area (Å²) in [5, 5.41) is 8.81. The van der Waals surface area contributed by atoms with E-state index in [0.29, 0.717) is 10.0 Å². The Hall–Kier alpha value is -1.95. The van der Waals surface area contributed by atoms with Gasteiger partial charge in [0.2, 0.25) is 0 Å². The van der Waals surface area contributed by atoms with Gasteiger partial charge in [0.25, 0.3) is 0 Å². The molecule has 0 aliphatic heterocycles. The molecule has 104 valence electrons. The van der Waals surface area contributed by atoms with Gasteiger partial charge in [0, 0.05) is 4.47 Å². The van der Waals surface area contributed by atoms with E-state index in [1.165, 1.54) is 24.3 Å². The Morgan fingerprint density at radius 2 is 1.85 bits per heavy atom. The summed E-state index contributed by atoms with van der Waals surface area (Å²) < 4.78 is 32.6. The van der Waals surface area contributed by atoms with Crippen molar-refractivity contribution in [3.63, 3.8) is 0 Å². The number of halogens is 3. The first-order chi connectivity index (χ1) is 9.47. The van der Waals surface area contributed by atoms with Gasteiger partial charge in [-0.3, -0.25) is 0 Å². The molecule has 0 bridgehead atoms. The molecule has 0 amide bonds. The fourth-order valence-corrected chi connectivity index (χ4v) is 1.92. The van der Waals surface area contributed by atoms with Gasteiger partial charge in [-0.25, -0.2) is 13.6 Å². The van der Waals surface area contributed by atoms with Crippen molar-refractivity contribution >= 4 is 21.9 Å². The highest BCUT2D eigenvalue weighted by Crippen LogP contribution is 2.23. The minimum Gasteiger partial charge on any atom is -0.486 e. The minimum absolute atomic E-state index is 0.0283. The summed E-state index contributed by atoms with van der Waals surface area (Å²) in [6.07, 6.45) is 0. The van der Waals surface area contributed by atoms with Crippen molar-refractivity contribution in [2.75, 3.05) is 0 Å². The van der Waals surface area contributed by atoms with E-state index in [0.717, 1.165) is 12.1 Å². The monoisotopic (exact) mass is 342 g/mol. The first-order valence-corrected chi connectivity index (χ1v) is 6.36. The zero-order valence-electron chi connectivity index (χ0n) is 10.1. The Morgan fingerprint density at radius 1 is 1.15 bits per heavy atom. The van der Waals surface area contributed by atoms with Gasteiger partial charge in [0.1, 0.15) is 12.4 Å². The molecule has 1 N–H and O–H groups in total. The smallest absolute Gasteiger partial charge is 0.338 e. The maximum atomic E-state index is 13.4. The normalized spacial score (nSPS) is 10.3. The number of ether oxygens (including phenoxy) is 1. The second-order valence-corrected chi connectivity index (χ2v) is 4.90. The van der Waals surface area contributed by atoms with E-state index in [9.17, 15) is 13.6 Å². The molecule has 0 aromatic heterocycles. The molecule has 3 nitrogen and oxygen atoms in total. The van der Waals surface area contributed by atoms with Crippen molar-refractivity contribution in [3.8, 4) is 5.75 Å². The van der Waals surface area contributed by atoms with Crippen LogP contribution in [0.15, 0.2) is 40.9 Å². The van der Waals surface area contributed by atoms with Crippen LogP contribution in [0.3, 0.4) is 0 Å². The van der Waals surface area contributed by atoms with Crippen LogP contribution in [0, 0.1) is 11.6 Å². The van der Waals surface area contributed by atoms with E-state index >= 15 is 0 Å². The molecule has 0 spiro atoms. The molecule has 20 heavy (non-hydrogen) atoms. The lowest BCUT2D eigenvalue weighted by atomic mass is 10.1. The third-order valence-corrected chi connectivity index (χ3v) is 3.04. The highest BCUT2D eigenvalue weighted by atomic mass is 79.9. The Kier molecular flexibility index (Phi) is 4.34. The summed E-state index contributed by atoms with van der Waals surface area (Å²) in [6, 6.07) is 7.82. The first kappa shape index (κ1) is 14.5. The molecular formula is C14H9BrF2O3. The molecular weight excluding hydrogens is 334 g/mol. The van der Waals surface area contributed by atoms with E-state index in [1.807, 2.05) is 0 Å². The van der Waals surface area contributed by atoms with Crippen LogP contribution in [0.1, 0.15) is 15.9 Å². The van der Waals surface area contributed by atoms with Crippen molar-refractivity contribution in [1.29, 1.82) is 0 Å². The summed E-state index contributed by atoms with van der Waals surface area (Å²) in [6.45, 7) is -0.0616. The number of carboxylic acid groups (broad SMARTS) is 1. The second kappa shape index (κ2) is 6.00. The molecule has 0 fully saturated rings. The van der Waals surface area contributed by atoms with Crippen LogP contribution in [0.5, 0.6) is 5.75 Å². The van der Waals surface area contributed by atoms with Crippen LogP contribution in [0.4, 0.5) is 8.78 Å². The van der Waals surface area contributed by atoms with Crippen LogP contribution in [0.25, 0.3) is 0 Å². The van der Waals surface area contributed by atoms with Gasteiger partial charge in [-0.2, -0.15) is 0 Å². The maximum Gasteiger partial charge on any atom is 0.338 e. The molecule has 6 heteroatoms. The predicted octanol–water partition coefficient (Wildman–Crippen LogP) is 4.00. The number of carbonyl (C=O) groups is 1. The Morgan fingerprint density at radius 3 is 2.55 bits per heavy atom. The van der Waals surface area contributed by atoms with Crippen molar-refractivity contribution in [3.05, 3.63) is 63.6 Å². The van der Waals surface area contributed by atoms with E-state index < -0.39 is 23.2 Å². The third kappa shape index (κ3) is 3.33. The van der Waals surface area contributed by atoms with Gasteiger partial charge in [0.15, 0.2) is 11.6 Å². The van der Waals surface area contributed by atoms with Crippen molar-refractivity contribution in [2.24, 2.45) is 0 Å². The quantitative estimate of drug-likeness (QED) is 0.913. The van der Waals surface area contributed by atoms with Gasteiger partial charge >= 0.3 is 5.97 Å². The van der Waals surface area contributed by atoms with E-state index in [4.69, 9.17) is 9.84 Å². The molecule has 0 unspecified atom stereocenters. The number of benzene rings is 2. The molecule has 0 saturated heterocycles. The number of hydrogen-bond acceptors (Lipinski definition) is 2. The Balaban J connectivity index is 2.17. The average Bonchev–Trinajstić information content (AvgIpc) is 2.41. The number of aromatic carboxylic acids is 1. The average molecular weight is 343 g/mol. The van der Waals surface area contributed by atoms with Crippen molar-refractivity contribution in [1.82, 2.24) is 0 Å². The topological polar surface area (TPSA) is 46.5 Å². The van der Waals surface area contributed by atoms with Crippen molar-refractivity contribution < 1.29 is 23.4 Å². The number of rotatable bonds is 4. The molecule has 0 heterocycles. The summed E-state index contributed by atoms with van der Waals surface area (Å²) in [7, 11) is 0. The van der Waals surface area contributed by atoms with Gasteiger partial charge in [-0.1, -0.05) is 22.0 Å². The van der Waals surface area contributed by atoms with Crippen LogP contribution >= 0.6 is 15.9 Å². The maximum absolute atomic E-state index is 13.4. The molecule has 2 rings (SSSR count). The van der Waals surface area contributed by atoms with Gasteiger partial charge in [-0.05, 0) is 35.9 Å². The zero-order chi connectivity index (χ0) is 14.7. The van der Waals surface area contributed by atoms with Crippen molar-refractivity contribution in [2.45, 2.75) is 6.61 Å². The standard InChI is InChI=1S/C14H9BrF2O3/c15-9-2-4-12(17)13(6-9)20-7-8-1-3-11(16)10(5-8)14(18)19/h1-6H,7H2,(H,18,19). The highest BCUT2D eigenvalue weighted by molar-refractivity contribution is 9.10. The van der Waals surface area contributed by atoms with Crippen LogP contribution < -0.4 is 4.74 Å². The molecule has 2 aromatic carbocycles. The van der Waals surface area contributed by atoms with E-state index in [1.54, 1.807) is 0 Å². The van der Waals surface area contributed by atoms with Gasteiger partial charge in [0.05, 0.1) is 5.56 Å². The fourth-order valence-electron chi connectivity index (χ4n) is 1.57. The fraction of sp³-hybridized carbons (Fsp3) is 0.0714. The highest BCUT2D eigenvalue weighted by Gasteiger charge is 2.11. The van der Waals surface area contributed by atoms with Gasteiger partial charge in [-0.15, -0.1) is 0 Å². The first-order valence-electron chi connectivity index (χ1n) is 5.57. The summed E-state index contributed by atoms with van der Waals surface area (Å²) in [4.78, 5) is 10.8. The summed E-state index contributed by atoms with van der Waals surface area (Å²) in [5.74, 6) is -2.69. The number of hydrogen-bond donors (Lipinski definition) is 1. The molecule has 0 radical (unpaired) electrons. The summed E-state index contributed by atoms with van der Waals surface area (Å²) in [5.41, 5.74) is -0.0102. The van der Waals surface area contributed by atoms with Crippen LogP contribution in [0.2, 0.25) is 0 Å². The molecule has 0 aliphatic rings. The predicted molar refractivity (Wildman–Crippen MR) is 71.8 cm³/mol. The Bertz CT molecular complexity index is 659.